The van der Waals surface area contributed by atoms with Gasteiger partial charge in [0.2, 0.25) is 0 Å². The highest BCUT2D eigenvalue weighted by Crippen LogP contribution is 2.42. The fraction of sp³-hybridized carbons (Fsp3) is 0.435. The second-order valence-electron chi connectivity index (χ2n) is 14.6. The van der Waals surface area contributed by atoms with Gasteiger partial charge in [-0.1, -0.05) is 116 Å². The Hall–Kier alpha value is -2.50. The third-order valence-electron chi connectivity index (χ3n) is 10.5. The van der Waals surface area contributed by atoms with E-state index in [0.717, 1.165) is 0 Å². The summed E-state index contributed by atoms with van der Waals surface area (Å²) >= 11 is 7.76. The van der Waals surface area contributed by atoms with E-state index in [1.54, 1.807) is 0 Å². The molecule has 7 rings (SSSR count). The van der Waals surface area contributed by atoms with Crippen LogP contribution in [0.25, 0.3) is 61.2 Å². The molecule has 0 nitrogen and oxygen atoms in total. The average molecular weight is 735 g/mol. The van der Waals surface area contributed by atoms with E-state index in [9.17, 15) is 0 Å². The summed E-state index contributed by atoms with van der Waals surface area (Å²) in [5, 5.41) is 13.0. The lowest BCUT2D eigenvalue weighted by Crippen LogP contribution is -1.84. The maximum atomic E-state index is 2.46. The Balaban J connectivity index is 1.02. The first-order valence-corrected chi connectivity index (χ1v) is 23.1. The number of benzene rings is 3. The van der Waals surface area contributed by atoms with Crippen molar-refractivity contribution in [3.05, 3.63) is 82.6 Å². The van der Waals surface area contributed by atoms with Crippen molar-refractivity contribution < 1.29 is 0 Å². The normalized spacial score (nSPS) is 12.0. The highest BCUT2D eigenvalue weighted by molar-refractivity contribution is 7.26. The fourth-order valence-corrected chi connectivity index (χ4v) is 11.8. The first-order valence-electron chi connectivity index (χ1n) is 19.7. The molecular weight excluding hydrogens is 681 g/mol. The van der Waals surface area contributed by atoms with Crippen molar-refractivity contribution >= 4 is 87.1 Å². The molecular formula is C46H54S4. The van der Waals surface area contributed by atoms with Crippen molar-refractivity contribution in [1.29, 1.82) is 0 Å². The van der Waals surface area contributed by atoms with Gasteiger partial charge >= 0.3 is 0 Å². The van der Waals surface area contributed by atoms with Gasteiger partial charge in [0, 0.05) is 28.9 Å². The molecule has 0 amide bonds. The summed E-state index contributed by atoms with van der Waals surface area (Å²) in [6.45, 7) is 4.60. The third-order valence-corrected chi connectivity index (χ3v) is 15.1. The smallest absolute Gasteiger partial charge is 0.0455 e. The van der Waals surface area contributed by atoms with Crippen LogP contribution >= 0.6 is 45.3 Å². The molecule has 0 bridgehead atoms. The highest BCUT2D eigenvalue weighted by atomic mass is 32.1. The molecule has 0 saturated carbocycles. The number of unbranched alkanes of at least 4 members (excludes halogenated alkanes) is 14. The monoisotopic (exact) mass is 734 g/mol. The minimum Gasteiger partial charge on any atom is -0.143 e. The molecule has 262 valence electrons. The fourth-order valence-electron chi connectivity index (χ4n) is 7.57. The molecule has 3 aromatic carbocycles. The number of rotatable bonds is 20. The molecule has 0 spiro atoms. The molecule has 50 heavy (non-hydrogen) atoms. The number of hydrogen-bond acceptors (Lipinski definition) is 4. The number of thiophene rings is 4. The predicted octanol–water partition coefficient (Wildman–Crippen LogP) is 17.2. The Labute approximate surface area is 316 Å². The summed E-state index contributed by atoms with van der Waals surface area (Å²) in [6, 6.07) is 24.2. The highest BCUT2D eigenvalue weighted by Gasteiger charge is 2.13. The van der Waals surface area contributed by atoms with Crippen molar-refractivity contribution in [3.63, 3.8) is 0 Å². The van der Waals surface area contributed by atoms with Crippen LogP contribution in [0, 0.1) is 0 Å². The average Bonchev–Trinajstić information content (AvgIpc) is 3.95. The second-order valence-corrected chi connectivity index (χ2v) is 18.6. The zero-order chi connectivity index (χ0) is 34.1. The van der Waals surface area contributed by atoms with Crippen LogP contribution in [0.4, 0.5) is 0 Å². The van der Waals surface area contributed by atoms with Crippen LogP contribution in [0.15, 0.2) is 71.4 Å². The standard InChI is InChI=1S/C46H54S4/c1-3-5-7-9-11-13-15-17-19-33-23-43(47-31-33)45-29-37-25-39-35(27-41(37)49-45)21-22-36-28-42-38(26-40(36)39)30-46(50-42)44-24-34(32-48-44)20-18-16-14-12-10-8-6-4-2/h21-32H,3-20H2,1-2H3. The zero-order valence-electron chi connectivity index (χ0n) is 30.3. The van der Waals surface area contributed by atoms with Crippen molar-refractivity contribution in [3.8, 4) is 19.5 Å². The van der Waals surface area contributed by atoms with Crippen LogP contribution in [-0.2, 0) is 12.8 Å². The molecule has 4 heteroatoms. The molecule has 0 aliphatic heterocycles. The van der Waals surface area contributed by atoms with Crippen LogP contribution in [0.3, 0.4) is 0 Å². The van der Waals surface area contributed by atoms with E-state index >= 15 is 0 Å². The van der Waals surface area contributed by atoms with E-state index < -0.39 is 0 Å². The molecule has 7 aromatic rings. The molecule has 0 atom stereocenters. The van der Waals surface area contributed by atoms with Crippen LogP contribution in [0.2, 0.25) is 0 Å². The Bertz CT molecular complexity index is 1960. The van der Waals surface area contributed by atoms with Gasteiger partial charge in [0.25, 0.3) is 0 Å². The molecule has 0 N–H and O–H groups in total. The van der Waals surface area contributed by atoms with E-state index in [1.807, 2.05) is 45.3 Å². The van der Waals surface area contributed by atoms with E-state index in [0.29, 0.717) is 0 Å². The summed E-state index contributed by atoms with van der Waals surface area (Å²) in [4.78, 5) is 5.68. The Morgan fingerprint density at radius 1 is 0.380 bits per heavy atom. The first kappa shape index (κ1) is 35.9. The first-order chi connectivity index (χ1) is 24.7. The van der Waals surface area contributed by atoms with E-state index in [2.05, 4.69) is 85.3 Å². The van der Waals surface area contributed by atoms with Crippen LogP contribution in [0.1, 0.15) is 128 Å². The van der Waals surface area contributed by atoms with Gasteiger partial charge in [0.15, 0.2) is 0 Å². The quantitative estimate of drug-likeness (QED) is 0.0540. The molecule has 0 radical (unpaired) electrons. The van der Waals surface area contributed by atoms with Crippen LogP contribution in [-0.4, -0.2) is 0 Å². The van der Waals surface area contributed by atoms with Gasteiger partial charge in [0.1, 0.15) is 0 Å². The van der Waals surface area contributed by atoms with Crippen LogP contribution in [0.5, 0.6) is 0 Å². The molecule has 0 fully saturated rings. The Kier molecular flexibility index (Phi) is 12.8. The zero-order valence-corrected chi connectivity index (χ0v) is 33.6. The summed E-state index contributed by atoms with van der Waals surface area (Å²) in [6.07, 6.45) is 24.6. The van der Waals surface area contributed by atoms with Gasteiger partial charge < -0.3 is 0 Å². The SMILES string of the molecule is CCCCCCCCCCc1csc(-c2cc3cc4c(ccc5cc6sc(-c7cc(CCCCCCCCCC)cs7)cc6cc54)cc3s2)c1. The number of aryl methyl sites for hydroxylation is 2. The molecule has 4 heterocycles. The largest absolute Gasteiger partial charge is 0.143 e. The van der Waals surface area contributed by atoms with Crippen molar-refractivity contribution in [2.24, 2.45) is 0 Å². The molecule has 0 aliphatic carbocycles. The number of hydrogen-bond donors (Lipinski definition) is 0. The van der Waals surface area contributed by atoms with Gasteiger partial charge in [-0.2, -0.15) is 0 Å². The maximum Gasteiger partial charge on any atom is 0.0455 e. The van der Waals surface area contributed by atoms with E-state index in [4.69, 9.17) is 0 Å². The van der Waals surface area contributed by atoms with Crippen molar-refractivity contribution in [1.82, 2.24) is 0 Å². The van der Waals surface area contributed by atoms with Gasteiger partial charge in [-0.05, 0) is 128 Å². The molecule has 0 saturated heterocycles. The van der Waals surface area contributed by atoms with Gasteiger partial charge in [-0.3, -0.25) is 0 Å². The number of fused-ring (bicyclic) bond motifs is 5. The summed E-state index contributed by atoms with van der Waals surface area (Å²) in [5.41, 5.74) is 3.04. The summed E-state index contributed by atoms with van der Waals surface area (Å²) in [7, 11) is 0. The summed E-state index contributed by atoms with van der Waals surface area (Å²) in [5.74, 6) is 0. The Morgan fingerprint density at radius 3 is 1.20 bits per heavy atom. The topological polar surface area (TPSA) is 0 Å². The van der Waals surface area contributed by atoms with Gasteiger partial charge in [0.05, 0.1) is 0 Å². The lowest BCUT2D eigenvalue weighted by Gasteiger charge is -2.05. The molecule has 0 unspecified atom stereocenters. The third kappa shape index (κ3) is 8.92. The molecule has 4 aromatic heterocycles. The minimum absolute atomic E-state index is 1.22. The van der Waals surface area contributed by atoms with Gasteiger partial charge in [-0.15, -0.1) is 45.3 Å². The summed E-state index contributed by atoms with van der Waals surface area (Å²) < 4.78 is 2.79. The second kappa shape index (κ2) is 17.8. The lowest BCUT2D eigenvalue weighted by atomic mass is 9.99. The van der Waals surface area contributed by atoms with Gasteiger partial charge in [-0.25, -0.2) is 0 Å². The van der Waals surface area contributed by atoms with E-state index in [1.165, 1.54) is 188 Å². The Morgan fingerprint density at radius 2 is 0.780 bits per heavy atom. The minimum atomic E-state index is 1.22. The van der Waals surface area contributed by atoms with Crippen molar-refractivity contribution in [2.75, 3.05) is 0 Å². The van der Waals surface area contributed by atoms with Crippen LogP contribution < -0.4 is 0 Å². The molecule has 0 aliphatic rings. The predicted molar refractivity (Wildman–Crippen MR) is 231 cm³/mol. The lowest BCUT2D eigenvalue weighted by molar-refractivity contribution is 0.576. The van der Waals surface area contributed by atoms with E-state index in [-0.39, 0.29) is 0 Å². The van der Waals surface area contributed by atoms with Crippen molar-refractivity contribution in [2.45, 2.75) is 129 Å². The maximum absolute atomic E-state index is 2.46.